The van der Waals surface area contributed by atoms with Crippen LogP contribution in [0.2, 0.25) is 0 Å². The first-order valence-electron chi connectivity index (χ1n) is 8.58. The largest absolute Gasteiger partial charge is 0.467 e. The second-order valence-electron chi connectivity index (χ2n) is 8.08. The van der Waals surface area contributed by atoms with Gasteiger partial charge in [0.25, 0.3) is 0 Å². The van der Waals surface area contributed by atoms with E-state index in [2.05, 4.69) is 0 Å². The first-order valence-corrected chi connectivity index (χ1v) is 8.58. The van der Waals surface area contributed by atoms with E-state index in [0.29, 0.717) is 24.2 Å². The molecular weight excluding hydrogens is 282 g/mol. The summed E-state index contributed by atoms with van der Waals surface area (Å²) in [7, 11) is 1.35. The molecule has 1 aliphatic heterocycles. The summed E-state index contributed by atoms with van der Waals surface area (Å²) < 4.78 is 4.84. The molecule has 4 aliphatic carbocycles. The Morgan fingerprint density at radius 1 is 1.05 bits per heavy atom. The number of carbonyl (C=O) groups is 2. The Kier molecular flexibility index (Phi) is 3.26. The summed E-state index contributed by atoms with van der Waals surface area (Å²) in [6.07, 6.45) is 6.52. The van der Waals surface area contributed by atoms with Crippen molar-refractivity contribution in [3.05, 3.63) is 0 Å². The maximum absolute atomic E-state index is 13.3. The van der Waals surface area contributed by atoms with Crippen LogP contribution in [-0.4, -0.2) is 47.7 Å². The van der Waals surface area contributed by atoms with Crippen molar-refractivity contribution in [3.63, 3.8) is 0 Å². The van der Waals surface area contributed by atoms with Crippen LogP contribution < -0.4 is 0 Å². The monoisotopic (exact) mass is 307 g/mol. The minimum Gasteiger partial charge on any atom is -0.467 e. The zero-order valence-electron chi connectivity index (χ0n) is 13.2. The number of aliphatic hydroxyl groups excluding tert-OH is 1. The van der Waals surface area contributed by atoms with Gasteiger partial charge in [0.1, 0.15) is 6.04 Å². The summed E-state index contributed by atoms with van der Waals surface area (Å²) in [5.74, 6) is 1.80. The highest BCUT2D eigenvalue weighted by Crippen LogP contribution is 2.60. The van der Waals surface area contributed by atoms with Gasteiger partial charge in [-0.1, -0.05) is 0 Å². The molecule has 0 spiro atoms. The van der Waals surface area contributed by atoms with Crippen molar-refractivity contribution in [3.8, 4) is 0 Å². The lowest BCUT2D eigenvalue weighted by Gasteiger charge is -2.56. The van der Waals surface area contributed by atoms with Crippen LogP contribution in [0.5, 0.6) is 0 Å². The second kappa shape index (κ2) is 4.95. The number of hydrogen-bond donors (Lipinski definition) is 1. The molecule has 0 aromatic rings. The van der Waals surface area contributed by atoms with Crippen LogP contribution in [0.4, 0.5) is 0 Å². The van der Waals surface area contributed by atoms with Crippen molar-refractivity contribution < 1.29 is 19.4 Å². The molecule has 0 radical (unpaired) electrons. The maximum atomic E-state index is 13.3. The lowest BCUT2D eigenvalue weighted by atomic mass is 9.49. The zero-order chi connectivity index (χ0) is 15.5. The van der Waals surface area contributed by atoms with Crippen molar-refractivity contribution in [2.75, 3.05) is 13.7 Å². The number of aliphatic hydroxyl groups is 1. The SMILES string of the molecule is COC(=O)[C@H]1C[C@H](O)CN1C(=O)C12CC3CC(CC(C3)C1)C2. The number of amides is 1. The molecule has 1 heterocycles. The van der Waals surface area contributed by atoms with E-state index >= 15 is 0 Å². The summed E-state index contributed by atoms with van der Waals surface area (Å²) in [6, 6.07) is -0.597. The molecule has 0 aromatic carbocycles. The fraction of sp³-hybridized carbons (Fsp3) is 0.882. The van der Waals surface area contributed by atoms with Crippen molar-refractivity contribution in [1.82, 2.24) is 4.90 Å². The van der Waals surface area contributed by atoms with Crippen LogP contribution in [0, 0.1) is 23.2 Å². The molecule has 5 aliphatic rings. The molecule has 1 N–H and O–H groups in total. The maximum Gasteiger partial charge on any atom is 0.328 e. The van der Waals surface area contributed by atoms with Crippen LogP contribution in [0.25, 0.3) is 0 Å². The highest BCUT2D eigenvalue weighted by Gasteiger charge is 2.57. The predicted octanol–water partition coefficient (Wildman–Crippen LogP) is 1.34. The fourth-order valence-corrected chi connectivity index (χ4v) is 6.07. The fourth-order valence-electron chi connectivity index (χ4n) is 6.07. The number of carbonyl (C=O) groups excluding carboxylic acids is 2. The summed E-state index contributed by atoms with van der Waals surface area (Å²) >= 11 is 0. The Morgan fingerprint density at radius 3 is 2.09 bits per heavy atom. The Bertz CT molecular complexity index is 468. The third-order valence-electron chi connectivity index (χ3n) is 6.51. The molecule has 5 fully saturated rings. The first kappa shape index (κ1) is 14.5. The van der Waals surface area contributed by atoms with Gasteiger partial charge in [0.05, 0.1) is 18.6 Å². The summed E-state index contributed by atoms with van der Waals surface area (Å²) in [5.41, 5.74) is -0.259. The number of esters is 1. The number of hydrogen-bond acceptors (Lipinski definition) is 4. The van der Waals surface area contributed by atoms with E-state index in [-0.39, 0.29) is 17.9 Å². The van der Waals surface area contributed by atoms with Gasteiger partial charge in [0, 0.05) is 13.0 Å². The molecular formula is C17H25NO4. The lowest BCUT2D eigenvalue weighted by Crippen LogP contribution is -2.56. The van der Waals surface area contributed by atoms with E-state index in [1.54, 1.807) is 4.90 Å². The van der Waals surface area contributed by atoms with Gasteiger partial charge in [0.2, 0.25) is 5.91 Å². The minimum atomic E-state index is -0.609. The van der Waals surface area contributed by atoms with Gasteiger partial charge >= 0.3 is 5.97 Å². The van der Waals surface area contributed by atoms with Gasteiger partial charge < -0.3 is 14.7 Å². The molecule has 5 heteroatoms. The summed E-state index contributed by atoms with van der Waals surface area (Å²) in [5, 5.41) is 9.94. The van der Waals surface area contributed by atoms with E-state index in [4.69, 9.17) is 4.74 Å². The Morgan fingerprint density at radius 2 is 1.59 bits per heavy atom. The predicted molar refractivity (Wildman–Crippen MR) is 78.7 cm³/mol. The van der Waals surface area contributed by atoms with Gasteiger partial charge in [-0.2, -0.15) is 0 Å². The van der Waals surface area contributed by atoms with Gasteiger partial charge in [-0.25, -0.2) is 4.79 Å². The van der Waals surface area contributed by atoms with Crippen LogP contribution in [0.1, 0.15) is 44.9 Å². The highest BCUT2D eigenvalue weighted by molar-refractivity contribution is 5.89. The number of ether oxygens (including phenoxy) is 1. The molecule has 1 saturated heterocycles. The number of nitrogens with zero attached hydrogens (tertiary/aromatic N) is 1. The average molecular weight is 307 g/mol. The van der Waals surface area contributed by atoms with E-state index in [1.807, 2.05) is 0 Å². The summed E-state index contributed by atoms with van der Waals surface area (Å²) in [6.45, 7) is 0.278. The zero-order valence-corrected chi connectivity index (χ0v) is 13.2. The number of rotatable bonds is 2. The van der Waals surface area contributed by atoms with Gasteiger partial charge in [-0.05, 0) is 56.3 Å². The highest BCUT2D eigenvalue weighted by atomic mass is 16.5. The van der Waals surface area contributed by atoms with Crippen LogP contribution in [0.15, 0.2) is 0 Å². The standard InChI is InChI=1S/C17H25NO4/c1-22-15(20)14-5-13(19)9-18(14)16(21)17-6-10-2-11(7-17)4-12(3-10)8-17/h10-14,19H,2-9H2,1H3/t10?,11?,12?,13-,14+,17?/m0/s1. The van der Waals surface area contributed by atoms with Crippen molar-refractivity contribution in [1.29, 1.82) is 0 Å². The molecule has 4 saturated carbocycles. The van der Waals surface area contributed by atoms with E-state index in [0.717, 1.165) is 19.3 Å². The number of β-amino-alcohol motifs (C(OH)–C–C–N with tert-alkyl or cyclic N) is 1. The molecule has 4 bridgehead atoms. The number of likely N-dealkylation sites (tertiary alicyclic amines) is 1. The van der Waals surface area contributed by atoms with Crippen LogP contribution in [-0.2, 0) is 14.3 Å². The quantitative estimate of drug-likeness (QED) is 0.782. The van der Waals surface area contributed by atoms with E-state index in [1.165, 1.54) is 26.4 Å². The lowest BCUT2D eigenvalue weighted by molar-refractivity contribution is -0.164. The third kappa shape index (κ3) is 2.08. The molecule has 122 valence electrons. The van der Waals surface area contributed by atoms with Gasteiger partial charge in [0.15, 0.2) is 0 Å². The molecule has 22 heavy (non-hydrogen) atoms. The molecule has 5 rings (SSSR count). The molecule has 1 amide bonds. The third-order valence-corrected chi connectivity index (χ3v) is 6.51. The van der Waals surface area contributed by atoms with Crippen LogP contribution in [0.3, 0.4) is 0 Å². The van der Waals surface area contributed by atoms with Crippen molar-refractivity contribution in [2.24, 2.45) is 23.2 Å². The normalized spacial score (nSPS) is 46.1. The summed E-state index contributed by atoms with van der Waals surface area (Å²) in [4.78, 5) is 26.9. The average Bonchev–Trinajstić information content (AvgIpc) is 2.86. The van der Waals surface area contributed by atoms with E-state index in [9.17, 15) is 14.7 Å². The number of methoxy groups -OCH3 is 1. The van der Waals surface area contributed by atoms with Crippen LogP contribution >= 0.6 is 0 Å². The first-order chi connectivity index (χ1) is 10.5. The topological polar surface area (TPSA) is 66.8 Å². The molecule has 0 aromatic heterocycles. The molecule has 2 atom stereocenters. The minimum absolute atomic E-state index is 0.110. The molecule has 5 nitrogen and oxygen atoms in total. The Balaban J connectivity index is 1.59. The smallest absolute Gasteiger partial charge is 0.328 e. The van der Waals surface area contributed by atoms with Crippen molar-refractivity contribution in [2.45, 2.75) is 57.1 Å². The molecule has 0 unspecified atom stereocenters. The second-order valence-corrected chi connectivity index (χ2v) is 8.08. The Hall–Kier alpha value is -1.10. The van der Waals surface area contributed by atoms with Gasteiger partial charge in [-0.15, -0.1) is 0 Å². The van der Waals surface area contributed by atoms with Gasteiger partial charge in [-0.3, -0.25) is 4.79 Å². The van der Waals surface area contributed by atoms with E-state index < -0.39 is 18.1 Å². The van der Waals surface area contributed by atoms with Crippen molar-refractivity contribution >= 4 is 11.9 Å². The Labute approximate surface area is 131 Å².